The van der Waals surface area contributed by atoms with E-state index in [1.807, 2.05) is 12.1 Å². The van der Waals surface area contributed by atoms with Gasteiger partial charge in [-0.15, -0.1) is 0 Å². The summed E-state index contributed by atoms with van der Waals surface area (Å²) in [6.07, 6.45) is 6.07. The number of likely N-dealkylation sites (tertiary alicyclic amines) is 1. The standard InChI is InChI=1S/C16H24N2O2/c1-2-13-8-4-3-5-10-18(13)11-12-7-6-9-14(17)15(12)16(19)20/h6-7,9,13H,2-5,8,10-11,17H2,1H3,(H,19,20). The minimum Gasteiger partial charge on any atom is -0.478 e. The molecule has 110 valence electrons. The topological polar surface area (TPSA) is 66.6 Å². The molecule has 1 saturated heterocycles. The van der Waals surface area contributed by atoms with Crippen molar-refractivity contribution in [3.8, 4) is 0 Å². The maximum Gasteiger partial charge on any atom is 0.338 e. The van der Waals surface area contributed by atoms with Gasteiger partial charge in [0.1, 0.15) is 0 Å². The van der Waals surface area contributed by atoms with Crippen molar-refractivity contribution in [2.75, 3.05) is 12.3 Å². The van der Waals surface area contributed by atoms with Crippen LogP contribution in [0.4, 0.5) is 5.69 Å². The molecule has 0 spiro atoms. The van der Waals surface area contributed by atoms with E-state index in [2.05, 4.69) is 11.8 Å². The normalized spacial score (nSPS) is 20.6. The van der Waals surface area contributed by atoms with Crippen LogP contribution in [0.3, 0.4) is 0 Å². The molecule has 0 amide bonds. The monoisotopic (exact) mass is 276 g/mol. The maximum absolute atomic E-state index is 11.4. The first-order chi connectivity index (χ1) is 9.63. The van der Waals surface area contributed by atoms with Crippen molar-refractivity contribution in [2.45, 2.75) is 51.6 Å². The summed E-state index contributed by atoms with van der Waals surface area (Å²) in [6.45, 7) is 3.94. The summed E-state index contributed by atoms with van der Waals surface area (Å²) in [5.41, 5.74) is 7.29. The lowest BCUT2D eigenvalue weighted by atomic mass is 10.0. The van der Waals surface area contributed by atoms with Crippen molar-refractivity contribution in [2.24, 2.45) is 0 Å². The summed E-state index contributed by atoms with van der Waals surface area (Å²) in [5.74, 6) is -0.930. The van der Waals surface area contributed by atoms with Crippen LogP contribution in [0.5, 0.6) is 0 Å². The Bertz CT molecular complexity index is 474. The number of rotatable bonds is 4. The number of nitrogen functional groups attached to an aromatic ring is 1. The largest absolute Gasteiger partial charge is 0.478 e. The molecule has 1 aromatic rings. The van der Waals surface area contributed by atoms with E-state index in [1.54, 1.807) is 6.07 Å². The fourth-order valence-corrected chi connectivity index (χ4v) is 3.14. The molecule has 1 aliphatic rings. The minimum atomic E-state index is -0.930. The molecule has 0 aliphatic carbocycles. The van der Waals surface area contributed by atoms with Crippen LogP contribution in [-0.4, -0.2) is 28.6 Å². The van der Waals surface area contributed by atoms with Crippen molar-refractivity contribution in [3.05, 3.63) is 29.3 Å². The Kier molecular flexibility index (Phi) is 5.01. The Labute approximate surface area is 120 Å². The molecule has 0 saturated carbocycles. The molecule has 0 bridgehead atoms. The number of nitrogens with two attached hydrogens (primary N) is 1. The van der Waals surface area contributed by atoms with Crippen molar-refractivity contribution in [3.63, 3.8) is 0 Å². The molecular formula is C16H24N2O2. The summed E-state index contributed by atoms with van der Waals surface area (Å²) >= 11 is 0. The van der Waals surface area contributed by atoms with Gasteiger partial charge in [0.15, 0.2) is 0 Å². The first-order valence-corrected chi connectivity index (χ1v) is 7.48. The highest BCUT2D eigenvalue weighted by Crippen LogP contribution is 2.24. The van der Waals surface area contributed by atoms with Crippen LogP contribution in [0, 0.1) is 0 Å². The molecule has 1 heterocycles. The number of benzene rings is 1. The van der Waals surface area contributed by atoms with Gasteiger partial charge in [-0.2, -0.15) is 0 Å². The van der Waals surface area contributed by atoms with Gasteiger partial charge in [0.2, 0.25) is 0 Å². The van der Waals surface area contributed by atoms with Crippen molar-refractivity contribution in [1.29, 1.82) is 0 Å². The Morgan fingerprint density at radius 2 is 2.20 bits per heavy atom. The lowest BCUT2D eigenvalue weighted by Gasteiger charge is -2.29. The van der Waals surface area contributed by atoms with Gasteiger partial charge in [-0.25, -0.2) is 4.79 Å². The van der Waals surface area contributed by atoms with E-state index in [0.717, 1.165) is 18.5 Å². The van der Waals surface area contributed by atoms with Crippen LogP contribution in [0.1, 0.15) is 54.9 Å². The van der Waals surface area contributed by atoms with E-state index >= 15 is 0 Å². The van der Waals surface area contributed by atoms with Crippen LogP contribution < -0.4 is 5.73 Å². The summed E-state index contributed by atoms with van der Waals surface area (Å²) in [4.78, 5) is 13.8. The van der Waals surface area contributed by atoms with Gasteiger partial charge in [0.25, 0.3) is 0 Å². The van der Waals surface area contributed by atoms with Crippen molar-refractivity contribution in [1.82, 2.24) is 4.90 Å². The number of carbonyl (C=O) groups is 1. The van der Waals surface area contributed by atoms with Crippen LogP contribution in [-0.2, 0) is 6.54 Å². The molecule has 1 unspecified atom stereocenters. The second-order valence-electron chi connectivity index (χ2n) is 5.57. The number of aromatic carboxylic acids is 1. The number of anilines is 1. The van der Waals surface area contributed by atoms with Crippen molar-refractivity contribution < 1.29 is 9.90 Å². The highest BCUT2D eigenvalue weighted by atomic mass is 16.4. The number of carboxylic acid groups (broad SMARTS) is 1. The summed E-state index contributed by atoms with van der Waals surface area (Å²) in [6, 6.07) is 5.94. The van der Waals surface area contributed by atoms with E-state index in [0.29, 0.717) is 18.3 Å². The Hall–Kier alpha value is -1.55. The molecular weight excluding hydrogens is 252 g/mol. The van der Waals surface area contributed by atoms with Gasteiger partial charge >= 0.3 is 5.97 Å². The molecule has 4 heteroatoms. The zero-order chi connectivity index (χ0) is 14.5. The molecule has 4 nitrogen and oxygen atoms in total. The average molecular weight is 276 g/mol. The molecule has 0 radical (unpaired) electrons. The van der Waals surface area contributed by atoms with E-state index in [4.69, 9.17) is 5.73 Å². The van der Waals surface area contributed by atoms with Gasteiger partial charge in [-0.05, 0) is 37.4 Å². The molecule has 20 heavy (non-hydrogen) atoms. The van der Waals surface area contributed by atoms with E-state index in [1.165, 1.54) is 25.7 Å². The third-order valence-corrected chi connectivity index (χ3v) is 4.24. The predicted octanol–water partition coefficient (Wildman–Crippen LogP) is 3.12. The van der Waals surface area contributed by atoms with Crippen LogP contribution in [0.2, 0.25) is 0 Å². The molecule has 1 fully saturated rings. The lowest BCUT2D eigenvalue weighted by molar-refractivity contribution is 0.0694. The molecule has 1 aromatic carbocycles. The smallest absolute Gasteiger partial charge is 0.338 e. The third kappa shape index (κ3) is 3.31. The summed E-state index contributed by atoms with van der Waals surface area (Å²) in [7, 11) is 0. The summed E-state index contributed by atoms with van der Waals surface area (Å²) in [5, 5.41) is 9.36. The van der Waals surface area contributed by atoms with E-state index in [-0.39, 0.29) is 5.56 Å². The zero-order valence-electron chi connectivity index (χ0n) is 12.1. The van der Waals surface area contributed by atoms with E-state index < -0.39 is 5.97 Å². The van der Waals surface area contributed by atoms with Crippen LogP contribution in [0.25, 0.3) is 0 Å². The molecule has 1 aliphatic heterocycles. The SMILES string of the molecule is CCC1CCCCCN1Cc1cccc(N)c1C(=O)O. The van der Waals surface area contributed by atoms with Crippen LogP contribution >= 0.6 is 0 Å². The van der Waals surface area contributed by atoms with E-state index in [9.17, 15) is 9.90 Å². The highest BCUT2D eigenvalue weighted by Gasteiger charge is 2.22. The van der Waals surface area contributed by atoms with Crippen molar-refractivity contribution >= 4 is 11.7 Å². The second-order valence-corrected chi connectivity index (χ2v) is 5.57. The molecule has 1 atom stereocenters. The Morgan fingerprint density at radius 3 is 2.90 bits per heavy atom. The fraction of sp³-hybridized carbons (Fsp3) is 0.562. The first-order valence-electron chi connectivity index (χ1n) is 7.48. The highest BCUT2D eigenvalue weighted by molar-refractivity contribution is 5.95. The minimum absolute atomic E-state index is 0.270. The molecule has 2 rings (SSSR count). The number of carboxylic acids is 1. The third-order valence-electron chi connectivity index (χ3n) is 4.24. The zero-order valence-corrected chi connectivity index (χ0v) is 12.1. The predicted molar refractivity (Wildman–Crippen MR) is 80.8 cm³/mol. The maximum atomic E-state index is 11.4. The van der Waals surface area contributed by atoms with Gasteiger partial charge in [-0.1, -0.05) is 31.9 Å². The molecule has 0 aromatic heterocycles. The van der Waals surface area contributed by atoms with Gasteiger partial charge in [0, 0.05) is 18.3 Å². The Balaban J connectivity index is 2.23. The second kappa shape index (κ2) is 6.75. The number of hydrogen-bond acceptors (Lipinski definition) is 3. The lowest BCUT2D eigenvalue weighted by Crippen LogP contribution is -2.34. The number of nitrogens with zero attached hydrogens (tertiary/aromatic N) is 1. The fourth-order valence-electron chi connectivity index (χ4n) is 3.14. The van der Waals surface area contributed by atoms with Gasteiger partial charge in [0.05, 0.1) is 5.56 Å². The summed E-state index contributed by atoms with van der Waals surface area (Å²) < 4.78 is 0. The Morgan fingerprint density at radius 1 is 1.40 bits per heavy atom. The first kappa shape index (κ1) is 14.9. The van der Waals surface area contributed by atoms with Crippen LogP contribution in [0.15, 0.2) is 18.2 Å². The quantitative estimate of drug-likeness (QED) is 0.829. The average Bonchev–Trinajstić information content (AvgIpc) is 2.63. The van der Waals surface area contributed by atoms with Gasteiger partial charge < -0.3 is 10.8 Å². The number of hydrogen-bond donors (Lipinski definition) is 2. The molecule has 3 N–H and O–H groups in total. The van der Waals surface area contributed by atoms with Gasteiger partial charge in [-0.3, -0.25) is 4.90 Å².